The summed E-state index contributed by atoms with van der Waals surface area (Å²) in [6.45, 7) is 14.2. The molecule has 1 aromatic carbocycles. The van der Waals surface area contributed by atoms with E-state index in [1.54, 1.807) is 0 Å². The zero-order valence-corrected chi connectivity index (χ0v) is 17.0. The highest BCUT2D eigenvalue weighted by Gasteiger charge is 2.27. The summed E-state index contributed by atoms with van der Waals surface area (Å²) in [5, 5.41) is 13.8. The molecule has 0 amide bonds. The second-order valence-corrected chi connectivity index (χ2v) is 9.54. The lowest BCUT2D eigenvalue weighted by atomic mass is 9.79. The lowest BCUT2D eigenvalue weighted by molar-refractivity contribution is 0.101. The maximum atomic E-state index is 10.4. The van der Waals surface area contributed by atoms with Crippen molar-refractivity contribution in [2.45, 2.75) is 90.2 Å². The molecular formula is C22H37NO2. The Balaban J connectivity index is 2.08. The van der Waals surface area contributed by atoms with Gasteiger partial charge in [-0.3, -0.25) is 0 Å². The number of aliphatic hydroxyl groups is 1. The Bertz CT molecular complexity index is 516. The summed E-state index contributed by atoms with van der Waals surface area (Å²) in [4.78, 5) is 0. The van der Waals surface area contributed by atoms with Gasteiger partial charge in [-0.15, -0.1) is 0 Å². The van der Waals surface area contributed by atoms with Crippen LogP contribution in [0.3, 0.4) is 0 Å². The molecule has 1 atom stereocenters. The Morgan fingerprint density at radius 3 is 2.04 bits per heavy atom. The summed E-state index contributed by atoms with van der Waals surface area (Å²) in [5.41, 5.74) is 2.42. The zero-order chi connectivity index (χ0) is 18.7. The first kappa shape index (κ1) is 20.3. The molecule has 3 heteroatoms. The second kappa shape index (κ2) is 8.09. The fourth-order valence-electron chi connectivity index (χ4n) is 3.54. The molecule has 0 bridgehead atoms. The van der Waals surface area contributed by atoms with Gasteiger partial charge in [0.15, 0.2) is 0 Å². The number of hydrogen-bond donors (Lipinski definition) is 2. The highest BCUT2D eigenvalue weighted by molar-refractivity contribution is 5.48. The van der Waals surface area contributed by atoms with Crippen LogP contribution in [0.2, 0.25) is 0 Å². The Morgan fingerprint density at radius 1 is 1.04 bits per heavy atom. The maximum Gasteiger partial charge on any atom is 0.126 e. The van der Waals surface area contributed by atoms with Gasteiger partial charge in [-0.05, 0) is 34.8 Å². The van der Waals surface area contributed by atoms with E-state index >= 15 is 0 Å². The number of aliphatic hydroxyl groups excluding tert-OH is 1. The molecule has 0 saturated heterocycles. The van der Waals surface area contributed by atoms with Crippen LogP contribution in [-0.2, 0) is 10.8 Å². The average molecular weight is 348 g/mol. The van der Waals surface area contributed by atoms with Crippen molar-refractivity contribution in [3.8, 4) is 5.75 Å². The van der Waals surface area contributed by atoms with Gasteiger partial charge in [-0.1, -0.05) is 72.6 Å². The van der Waals surface area contributed by atoms with E-state index in [-0.39, 0.29) is 10.8 Å². The predicted octanol–water partition coefficient (Wildman–Crippen LogP) is 4.55. The van der Waals surface area contributed by atoms with Crippen LogP contribution in [0, 0.1) is 0 Å². The Hall–Kier alpha value is -1.06. The Morgan fingerprint density at radius 2 is 1.56 bits per heavy atom. The van der Waals surface area contributed by atoms with E-state index in [0.29, 0.717) is 19.2 Å². The van der Waals surface area contributed by atoms with E-state index in [1.807, 2.05) is 0 Å². The summed E-state index contributed by atoms with van der Waals surface area (Å²) in [5.74, 6) is 0.947. The van der Waals surface area contributed by atoms with Crippen LogP contribution in [0.4, 0.5) is 0 Å². The molecule has 2 rings (SSSR count). The minimum absolute atomic E-state index is 0.00361. The smallest absolute Gasteiger partial charge is 0.126 e. The summed E-state index contributed by atoms with van der Waals surface area (Å²) in [6, 6.07) is 6.98. The van der Waals surface area contributed by atoms with Crippen molar-refractivity contribution in [3.05, 3.63) is 29.3 Å². The van der Waals surface area contributed by atoms with E-state index in [4.69, 9.17) is 4.74 Å². The van der Waals surface area contributed by atoms with Gasteiger partial charge in [0.25, 0.3) is 0 Å². The molecule has 1 aromatic rings. The lowest BCUT2D eigenvalue weighted by Gasteiger charge is -2.30. The molecule has 2 N–H and O–H groups in total. The van der Waals surface area contributed by atoms with Crippen molar-refractivity contribution in [1.29, 1.82) is 0 Å². The largest absolute Gasteiger partial charge is 0.490 e. The van der Waals surface area contributed by atoms with Crippen LogP contribution in [0.25, 0.3) is 0 Å². The van der Waals surface area contributed by atoms with Crippen LogP contribution >= 0.6 is 0 Å². The highest BCUT2D eigenvalue weighted by atomic mass is 16.5. The molecule has 1 aliphatic carbocycles. The van der Waals surface area contributed by atoms with Gasteiger partial charge in [-0.2, -0.15) is 0 Å². The SMILES string of the molecule is CC(C)(C)c1cccc(C(C)(C)C)c1OCC(O)CNC1CCCC1. The van der Waals surface area contributed by atoms with Crippen molar-refractivity contribution < 1.29 is 9.84 Å². The first-order valence-corrected chi connectivity index (χ1v) is 9.77. The number of rotatable bonds is 6. The molecule has 0 aromatic heterocycles. The van der Waals surface area contributed by atoms with E-state index in [2.05, 4.69) is 65.1 Å². The summed E-state index contributed by atoms with van der Waals surface area (Å²) in [6.07, 6.45) is 4.58. The third-order valence-electron chi connectivity index (χ3n) is 5.05. The van der Waals surface area contributed by atoms with Crippen LogP contribution in [0.15, 0.2) is 18.2 Å². The second-order valence-electron chi connectivity index (χ2n) is 9.54. The van der Waals surface area contributed by atoms with Gasteiger partial charge >= 0.3 is 0 Å². The molecule has 25 heavy (non-hydrogen) atoms. The van der Waals surface area contributed by atoms with Crippen LogP contribution in [0.1, 0.15) is 78.4 Å². The third-order valence-corrected chi connectivity index (χ3v) is 5.05. The predicted molar refractivity (Wildman–Crippen MR) is 106 cm³/mol. The van der Waals surface area contributed by atoms with Crippen molar-refractivity contribution in [2.75, 3.05) is 13.2 Å². The minimum Gasteiger partial charge on any atom is -0.490 e. The maximum absolute atomic E-state index is 10.4. The number of nitrogens with one attached hydrogen (secondary N) is 1. The molecule has 0 spiro atoms. The number of para-hydroxylation sites is 1. The highest BCUT2D eigenvalue weighted by Crippen LogP contribution is 2.39. The van der Waals surface area contributed by atoms with E-state index in [1.165, 1.54) is 36.8 Å². The standard InChI is InChI=1S/C22H37NO2/c1-21(2,3)18-12-9-13-19(22(4,5)6)20(18)25-15-17(24)14-23-16-10-7-8-11-16/h9,12-13,16-17,23-24H,7-8,10-11,14-15H2,1-6H3. The molecule has 0 aliphatic heterocycles. The molecule has 1 fully saturated rings. The number of hydrogen-bond acceptors (Lipinski definition) is 3. The first-order chi connectivity index (χ1) is 11.6. The van der Waals surface area contributed by atoms with Crippen molar-refractivity contribution >= 4 is 0 Å². The average Bonchev–Trinajstić information content (AvgIpc) is 3.02. The van der Waals surface area contributed by atoms with Crippen molar-refractivity contribution in [2.24, 2.45) is 0 Å². The van der Waals surface area contributed by atoms with Crippen LogP contribution in [0.5, 0.6) is 5.75 Å². The van der Waals surface area contributed by atoms with E-state index < -0.39 is 6.10 Å². The van der Waals surface area contributed by atoms with Crippen molar-refractivity contribution in [3.63, 3.8) is 0 Å². The van der Waals surface area contributed by atoms with Gasteiger partial charge < -0.3 is 15.2 Å². The molecule has 3 nitrogen and oxygen atoms in total. The summed E-state index contributed by atoms with van der Waals surface area (Å²) < 4.78 is 6.21. The van der Waals surface area contributed by atoms with Gasteiger partial charge in [0.1, 0.15) is 18.5 Å². The zero-order valence-electron chi connectivity index (χ0n) is 17.0. The quantitative estimate of drug-likeness (QED) is 0.793. The summed E-state index contributed by atoms with van der Waals surface area (Å²) in [7, 11) is 0. The molecule has 1 unspecified atom stereocenters. The molecule has 1 aliphatic rings. The fourth-order valence-corrected chi connectivity index (χ4v) is 3.54. The van der Waals surface area contributed by atoms with Crippen molar-refractivity contribution in [1.82, 2.24) is 5.32 Å². The molecule has 0 heterocycles. The third kappa shape index (κ3) is 5.72. The van der Waals surface area contributed by atoms with Crippen LogP contribution < -0.4 is 10.1 Å². The Labute approximate surface area is 154 Å². The molecule has 1 saturated carbocycles. The monoisotopic (exact) mass is 347 g/mol. The van der Waals surface area contributed by atoms with Crippen LogP contribution in [-0.4, -0.2) is 30.4 Å². The number of benzene rings is 1. The van der Waals surface area contributed by atoms with E-state index in [9.17, 15) is 5.11 Å². The molecular weight excluding hydrogens is 310 g/mol. The van der Waals surface area contributed by atoms with Gasteiger partial charge in [-0.25, -0.2) is 0 Å². The normalized spacial score (nSPS) is 17.7. The number of ether oxygens (including phenoxy) is 1. The van der Waals surface area contributed by atoms with Gasteiger partial charge in [0.2, 0.25) is 0 Å². The molecule has 142 valence electrons. The Kier molecular flexibility index (Phi) is 6.56. The van der Waals surface area contributed by atoms with Gasteiger partial charge in [0.05, 0.1) is 0 Å². The fraction of sp³-hybridized carbons (Fsp3) is 0.727. The van der Waals surface area contributed by atoms with E-state index in [0.717, 1.165) is 5.75 Å². The molecule has 0 radical (unpaired) electrons. The summed E-state index contributed by atoms with van der Waals surface area (Å²) >= 11 is 0. The van der Waals surface area contributed by atoms with Gasteiger partial charge in [0, 0.05) is 12.6 Å². The lowest BCUT2D eigenvalue weighted by Crippen LogP contribution is -2.37. The first-order valence-electron chi connectivity index (χ1n) is 9.77. The minimum atomic E-state index is -0.485. The topological polar surface area (TPSA) is 41.5 Å².